The van der Waals surface area contributed by atoms with Crippen molar-refractivity contribution in [1.82, 2.24) is 10.3 Å². The molecule has 0 fully saturated rings. The van der Waals surface area contributed by atoms with Crippen LogP contribution in [-0.4, -0.2) is 40.0 Å². The quantitative estimate of drug-likeness (QED) is 0.748. The van der Waals surface area contributed by atoms with Gasteiger partial charge in [-0.2, -0.15) is 11.8 Å². The second-order valence-electron chi connectivity index (χ2n) is 4.46. The number of carbonyl (C=O) groups is 2. The topological polar surface area (TPSA) is 82.2 Å². The average molecular weight is 284 g/mol. The van der Waals surface area contributed by atoms with Crippen LogP contribution in [0.5, 0.6) is 0 Å². The van der Waals surface area contributed by atoms with Crippen molar-refractivity contribution >= 4 is 23.6 Å². The zero-order chi connectivity index (χ0) is 14.6. The summed E-state index contributed by atoms with van der Waals surface area (Å²) in [5.41, 5.74) is 1.60. The van der Waals surface area contributed by atoms with Crippen LogP contribution in [0.2, 0.25) is 0 Å². The molecule has 1 atom stereocenters. The van der Waals surface area contributed by atoms with Crippen molar-refractivity contribution in [2.45, 2.75) is 33.2 Å². The SMILES string of the molecule is CCC(CSC)NC(=O)c1c(C)[nH]c(C(=O)O)c1C. The molecule has 0 aliphatic rings. The van der Waals surface area contributed by atoms with Crippen LogP contribution in [0.25, 0.3) is 0 Å². The van der Waals surface area contributed by atoms with Gasteiger partial charge >= 0.3 is 5.97 Å². The van der Waals surface area contributed by atoms with Crippen molar-refractivity contribution in [1.29, 1.82) is 0 Å². The summed E-state index contributed by atoms with van der Waals surface area (Å²) in [5, 5.41) is 12.0. The summed E-state index contributed by atoms with van der Waals surface area (Å²) in [5.74, 6) is -0.410. The lowest BCUT2D eigenvalue weighted by atomic mass is 10.1. The van der Waals surface area contributed by atoms with Crippen LogP contribution in [0.15, 0.2) is 0 Å². The molecule has 1 aromatic heterocycles. The molecule has 0 aliphatic carbocycles. The van der Waals surface area contributed by atoms with Gasteiger partial charge in [0.15, 0.2) is 0 Å². The highest BCUT2D eigenvalue weighted by atomic mass is 32.2. The van der Waals surface area contributed by atoms with Crippen LogP contribution in [-0.2, 0) is 0 Å². The lowest BCUT2D eigenvalue weighted by Crippen LogP contribution is -2.36. The fourth-order valence-corrected chi connectivity index (χ4v) is 2.75. The minimum Gasteiger partial charge on any atom is -0.477 e. The van der Waals surface area contributed by atoms with Crippen LogP contribution in [0, 0.1) is 13.8 Å². The highest BCUT2D eigenvalue weighted by Gasteiger charge is 2.22. The molecule has 5 nitrogen and oxygen atoms in total. The van der Waals surface area contributed by atoms with E-state index in [1.807, 2.05) is 13.2 Å². The normalized spacial score (nSPS) is 12.2. The molecule has 0 saturated carbocycles. The number of carboxylic acid groups (broad SMARTS) is 1. The third-order valence-corrected chi connectivity index (χ3v) is 3.81. The van der Waals surface area contributed by atoms with E-state index in [-0.39, 0.29) is 17.6 Å². The summed E-state index contributed by atoms with van der Waals surface area (Å²) >= 11 is 1.67. The first-order valence-corrected chi connectivity index (χ1v) is 7.53. The monoisotopic (exact) mass is 284 g/mol. The summed E-state index contributed by atoms with van der Waals surface area (Å²) in [6, 6.07) is 0.101. The molecule has 106 valence electrons. The van der Waals surface area contributed by atoms with Gasteiger partial charge in [-0.3, -0.25) is 4.79 Å². The number of nitrogens with one attached hydrogen (secondary N) is 2. The number of aromatic amines is 1. The van der Waals surface area contributed by atoms with Crippen molar-refractivity contribution in [2.75, 3.05) is 12.0 Å². The van der Waals surface area contributed by atoms with Crippen LogP contribution >= 0.6 is 11.8 Å². The molecule has 0 saturated heterocycles. The van der Waals surface area contributed by atoms with Gasteiger partial charge in [0.25, 0.3) is 5.91 Å². The van der Waals surface area contributed by atoms with E-state index in [0.717, 1.165) is 12.2 Å². The maximum Gasteiger partial charge on any atom is 0.352 e. The van der Waals surface area contributed by atoms with Gasteiger partial charge < -0.3 is 15.4 Å². The molecule has 1 rings (SSSR count). The molecule has 3 N–H and O–H groups in total. The first-order valence-electron chi connectivity index (χ1n) is 6.14. The Hall–Kier alpha value is -1.43. The Labute approximate surface area is 117 Å². The summed E-state index contributed by atoms with van der Waals surface area (Å²) < 4.78 is 0. The molecule has 1 amide bonds. The number of thioether (sulfide) groups is 1. The Morgan fingerprint density at radius 2 is 2.05 bits per heavy atom. The first-order chi connectivity index (χ1) is 8.92. The van der Waals surface area contributed by atoms with E-state index < -0.39 is 5.97 Å². The zero-order valence-corrected chi connectivity index (χ0v) is 12.5. The second kappa shape index (κ2) is 6.65. The number of aromatic carboxylic acids is 1. The molecule has 0 aliphatic heterocycles. The fraction of sp³-hybridized carbons (Fsp3) is 0.538. The minimum absolute atomic E-state index is 0.0839. The summed E-state index contributed by atoms with van der Waals surface area (Å²) in [7, 11) is 0. The number of hydrogen-bond acceptors (Lipinski definition) is 3. The van der Waals surface area contributed by atoms with Crippen LogP contribution in [0.3, 0.4) is 0 Å². The highest BCUT2D eigenvalue weighted by Crippen LogP contribution is 2.18. The smallest absolute Gasteiger partial charge is 0.352 e. The fourth-order valence-electron chi connectivity index (χ4n) is 2.02. The summed E-state index contributed by atoms with van der Waals surface area (Å²) in [6.07, 6.45) is 2.84. The van der Waals surface area contributed by atoms with Crippen molar-refractivity contribution in [3.05, 3.63) is 22.5 Å². The Kier molecular flexibility index (Phi) is 5.47. The number of amides is 1. The first kappa shape index (κ1) is 15.6. The van der Waals surface area contributed by atoms with Gasteiger partial charge in [0, 0.05) is 17.5 Å². The number of aromatic nitrogens is 1. The minimum atomic E-state index is -1.05. The predicted octanol–water partition coefficient (Wildman–Crippen LogP) is 2.20. The van der Waals surface area contributed by atoms with Crippen molar-refractivity contribution in [3.63, 3.8) is 0 Å². The van der Waals surface area contributed by atoms with Gasteiger partial charge in [-0.1, -0.05) is 6.92 Å². The number of rotatable bonds is 6. The highest BCUT2D eigenvalue weighted by molar-refractivity contribution is 7.98. The molecule has 0 spiro atoms. The number of carboxylic acids is 1. The Balaban J connectivity index is 2.97. The molecule has 19 heavy (non-hydrogen) atoms. The van der Waals surface area contributed by atoms with Gasteiger partial charge in [0.05, 0.1) is 5.56 Å². The molecular formula is C13H20N2O3S. The molecular weight excluding hydrogens is 264 g/mol. The summed E-state index contributed by atoms with van der Waals surface area (Å²) in [6.45, 7) is 5.38. The second-order valence-corrected chi connectivity index (χ2v) is 5.37. The number of hydrogen-bond donors (Lipinski definition) is 3. The van der Waals surface area contributed by atoms with Gasteiger partial charge in [0.2, 0.25) is 0 Å². The van der Waals surface area contributed by atoms with Gasteiger partial charge in [-0.05, 0) is 32.1 Å². The van der Waals surface area contributed by atoms with E-state index in [9.17, 15) is 9.59 Å². The Morgan fingerprint density at radius 1 is 1.42 bits per heavy atom. The maximum atomic E-state index is 12.2. The van der Waals surface area contributed by atoms with E-state index in [4.69, 9.17) is 5.11 Å². The largest absolute Gasteiger partial charge is 0.477 e. The van der Waals surface area contributed by atoms with E-state index in [0.29, 0.717) is 16.8 Å². The number of carbonyl (C=O) groups excluding carboxylic acids is 1. The zero-order valence-electron chi connectivity index (χ0n) is 11.7. The molecule has 6 heteroatoms. The van der Waals surface area contributed by atoms with Crippen molar-refractivity contribution in [3.8, 4) is 0 Å². The molecule has 0 radical (unpaired) electrons. The molecule has 0 aromatic carbocycles. The Bertz CT molecular complexity index is 482. The third-order valence-electron chi connectivity index (χ3n) is 3.07. The lowest BCUT2D eigenvalue weighted by molar-refractivity contribution is 0.0690. The van der Waals surface area contributed by atoms with Gasteiger partial charge in [-0.25, -0.2) is 4.79 Å². The maximum absolute atomic E-state index is 12.2. The van der Waals surface area contributed by atoms with Gasteiger partial charge in [0.1, 0.15) is 5.69 Å². The predicted molar refractivity (Wildman–Crippen MR) is 77.2 cm³/mol. The Morgan fingerprint density at radius 3 is 2.47 bits per heavy atom. The molecule has 1 heterocycles. The lowest BCUT2D eigenvalue weighted by Gasteiger charge is -2.16. The van der Waals surface area contributed by atoms with E-state index in [2.05, 4.69) is 10.3 Å². The van der Waals surface area contributed by atoms with Crippen molar-refractivity contribution in [2.24, 2.45) is 0 Å². The summed E-state index contributed by atoms with van der Waals surface area (Å²) in [4.78, 5) is 26.0. The van der Waals surface area contributed by atoms with Gasteiger partial charge in [-0.15, -0.1) is 0 Å². The van der Waals surface area contributed by atoms with Crippen LogP contribution < -0.4 is 5.32 Å². The standard InChI is InChI=1S/C13H20N2O3S/c1-5-9(6-19-4)15-12(16)10-7(2)11(13(17)18)14-8(10)3/h9,14H,5-6H2,1-4H3,(H,15,16)(H,17,18). The molecule has 0 bridgehead atoms. The third kappa shape index (κ3) is 3.53. The van der Waals surface area contributed by atoms with Crippen molar-refractivity contribution < 1.29 is 14.7 Å². The number of H-pyrrole nitrogens is 1. The average Bonchev–Trinajstić information content (AvgIpc) is 2.64. The van der Waals surface area contributed by atoms with Crippen LogP contribution in [0.4, 0.5) is 0 Å². The van der Waals surface area contributed by atoms with Crippen LogP contribution in [0.1, 0.15) is 45.4 Å². The molecule has 1 aromatic rings. The van der Waals surface area contributed by atoms with E-state index in [1.54, 1.807) is 25.6 Å². The number of aryl methyl sites for hydroxylation is 1. The van der Waals surface area contributed by atoms with E-state index in [1.165, 1.54) is 0 Å². The molecule has 1 unspecified atom stereocenters. The van der Waals surface area contributed by atoms with E-state index >= 15 is 0 Å².